The molecule has 30 heavy (non-hydrogen) atoms. The van der Waals surface area contributed by atoms with Crippen LogP contribution < -0.4 is 0 Å². The quantitative estimate of drug-likeness (QED) is 0.603. The number of halogens is 2. The summed E-state index contributed by atoms with van der Waals surface area (Å²) in [5.74, 6) is -0.254. The van der Waals surface area contributed by atoms with Crippen molar-refractivity contribution in [2.24, 2.45) is 0 Å². The number of hydrogen-bond acceptors (Lipinski definition) is 8. The van der Waals surface area contributed by atoms with Crippen molar-refractivity contribution in [2.45, 2.75) is 37.8 Å². The topological polar surface area (TPSA) is 95.0 Å². The second-order valence-corrected chi connectivity index (χ2v) is 7.63. The normalized spacial score (nSPS) is 18.8. The highest BCUT2D eigenvalue weighted by molar-refractivity contribution is 5.50. The van der Waals surface area contributed by atoms with E-state index in [0.717, 1.165) is 50.5 Å². The van der Waals surface area contributed by atoms with E-state index < -0.39 is 12.3 Å². The summed E-state index contributed by atoms with van der Waals surface area (Å²) in [7, 11) is 0. The minimum Gasteiger partial charge on any atom is -0.415 e. The van der Waals surface area contributed by atoms with E-state index in [1.165, 1.54) is 6.20 Å². The molecule has 0 amide bonds. The minimum absolute atomic E-state index is 0.0206. The number of rotatable bonds is 6. The van der Waals surface area contributed by atoms with Crippen LogP contribution in [0.1, 0.15) is 42.5 Å². The molecule has 2 aliphatic rings. The summed E-state index contributed by atoms with van der Waals surface area (Å²) >= 11 is 0. The van der Waals surface area contributed by atoms with Crippen molar-refractivity contribution in [3.8, 4) is 11.5 Å². The van der Waals surface area contributed by atoms with Crippen molar-refractivity contribution in [3.63, 3.8) is 0 Å². The van der Waals surface area contributed by atoms with Crippen LogP contribution in [0.2, 0.25) is 0 Å². The molecule has 0 atom stereocenters. The van der Waals surface area contributed by atoms with Gasteiger partial charge in [-0.3, -0.25) is 9.88 Å². The molecule has 11 heteroatoms. The number of aromatic nitrogens is 6. The van der Waals surface area contributed by atoms with E-state index in [1.807, 2.05) is 6.20 Å². The molecule has 0 spiro atoms. The van der Waals surface area contributed by atoms with E-state index >= 15 is 0 Å². The lowest BCUT2D eigenvalue weighted by molar-refractivity contribution is -0.0713. The predicted octanol–water partition coefficient (Wildman–Crippen LogP) is 2.29. The van der Waals surface area contributed by atoms with Crippen LogP contribution >= 0.6 is 0 Å². The second kappa shape index (κ2) is 8.15. The van der Waals surface area contributed by atoms with Crippen LogP contribution in [0.25, 0.3) is 11.5 Å². The molecule has 3 aromatic rings. The highest BCUT2D eigenvalue weighted by Gasteiger charge is 2.30. The first-order chi connectivity index (χ1) is 14.7. The van der Waals surface area contributed by atoms with E-state index in [1.54, 1.807) is 16.8 Å². The van der Waals surface area contributed by atoms with Crippen molar-refractivity contribution in [2.75, 3.05) is 26.3 Å². The van der Waals surface area contributed by atoms with Gasteiger partial charge in [0, 0.05) is 18.3 Å². The maximum absolute atomic E-state index is 12.6. The highest BCUT2D eigenvalue weighted by Crippen LogP contribution is 2.28. The Bertz CT molecular complexity index is 979. The molecule has 0 saturated carbocycles. The van der Waals surface area contributed by atoms with E-state index in [9.17, 15) is 8.78 Å². The Morgan fingerprint density at radius 3 is 2.57 bits per heavy atom. The molecule has 0 aliphatic carbocycles. The third kappa shape index (κ3) is 3.94. The Morgan fingerprint density at radius 1 is 1.10 bits per heavy atom. The van der Waals surface area contributed by atoms with Gasteiger partial charge in [-0.1, -0.05) is 5.21 Å². The summed E-state index contributed by atoms with van der Waals surface area (Å²) in [4.78, 5) is 6.85. The van der Waals surface area contributed by atoms with Gasteiger partial charge in [0.05, 0.1) is 42.8 Å². The van der Waals surface area contributed by atoms with Crippen LogP contribution in [-0.4, -0.2) is 67.4 Å². The molecular formula is C19H21F2N7O2. The SMILES string of the molecule is FC(F)c1nnc(-c2ccc(Cn3cc(C4CCN(C5COC5)CC4)nn3)nc2)o1. The first-order valence-corrected chi connectivity index (χ1v) is 9.94. The molecule has 9 nitrogen and oxygen atoms in total. The average Bonchev–Trinajstić information content (AvgIpc) is 3.38. The molecule has 0 radical (unpaired) electrons. The lowest BCUT2D eigenvalue weighted by Crippen LogP contribution is -2.51. The van der Waals surface area contributed by atoms with Crippen LogP contribution in [-0.2, 0) is 11.3 Å². The Balaban J connectivity index is 1.19. The molecule has 5 rings (SSSR count). The largest absolute Gasteiger partial charge is 0.415 e. The molecule has 5 heterocycles. The van der Waals surface area contributed by atoms with Crippen molar-refractivity contribution in [3.05, 3.63) is 41.8 Å². The Hall–Kier alpha value is -2.79. The third-order valence-electron chi connectivity index (χ3n) is 5.66. The molecule has 2 saturated heterocycles. The number of nitrogens with zero attached hydrogens (tertiary/aromatic N) is 7. The van der Waals surface area contributed by atoms with Crippen molar-refractivity contribution in [1.82, 2.24) is 35.1 Å². The molecular weight excluding hydrogens is 396 g/mol. The lowest BCUT2D eigenvalue weighted by Gasteiger charge is -2.41. The molecule has 158 valence electrons. The number of piperidine rings is 1. The summed E-state index contributed by atoms with van der Waals surface area (Å²) < 4.78 is 37.2. The van der Waals surface area contributed by atoms with Crippen LogP contribution in [0.3, 0.4) is 0 Å². The number of ether oxygens (including phenoxy) is 1. The molecule has 3 aromatic heterocycles. The fourth-order valence-electron chi connectivity index (χ4n) is 3.82. The van der Waals surface area contributed by atoms with Gasteiger partial charge in [0.25, 0.3) is 5.89 Å². The van der Waals surface area contributed by atoms with E-state index in [4.69, 9.17) is 9.15 Å². The number of alkyl halides is 2. The van der Waals surface area contributed by atoms with Gasteiger partial charge in [0.1, 0.15) is 0 Å². The first-order valence-electron chi connectivity index (χ1n) is 9.94. The van der Waals surface area contributed by atoms with Gasteiger partial charge >= 0.3 is 6.43 Å². The summed E-state index contributed by atoms with van der Waals surface area (Å²) in [6.07, 6.45) is 2.87. The Morgan fingerprint density at radius 2 is 1.93 bits per heavy atom. The van der Waals surface area contributed by atoms with Crippen molar-refractivity contribution in [1.29, 1.82) is 0 Å². The van der Waals surface area contributed by atoms with Crippen LogP contribution in [0.4, 0.5) is 8.78 Å². The zero-order chi connectivity index (χ0) is 20.5. The van der Waals surface area contributed by atoms with E-state index in [-0.39, 0.29) is 5.89 Å². The molecule has 0 bridgehead atoms. The van der Waals surface area contributed by atoms with Crippen molar-refractivity contribution >= 4 is 0 Å². The molecule has 2 fully saturated rings. The van der Waals surface area contributed by atoms with Gasteiger partial charge in [-0.2, -0.15) is 8.78 Å². The molecule has 0 aromatic carbocycles. The summed E-state index contributed by atoms with van der Waals surface area (Å²) in [5, 5.41) is 15.6. The fraction of sp³-hybridized carbons (Fsp3) is 0.526. The van der Waals surface area contributed by atoms with Gasteiger partial charge in [-0.25, -0.2) is 4.68 Å². The Labute approximate surface area is 171 Å². The third-order valence-corrected chi connectivity index (χ3v) is 5.66. The van der Waals surface area contributed by atoms with Gasteiger partial charge in [0.15, 0.2) is 0 Å². The van der Waals surface area contributed by atoms with Gasteiger partial charge < -0.3 is 9.15 Å². The first kappa shape index (κ1) is 19.2. The van der Waals surface area contributed by atoms with E-state index in [2.05, 4.69) is 30.4 Å². The standard InChI is InChI=1S/C19H21F2N7O2/c20-17(21)19-25-24-18(30-19)13-1-2-14(22-7-13)8-28-9-16(23-26-28)12-3-5-27(6-4-12)15-10-29-11-15/h1-2,7,9,12,15,17H,3-6,8,10-11H2. The van der Waals surface area contributed by atoms with Crippen LogP contribution in [0, 0.1) is 0 Å². The number of likely N-dealkylation sites (tertiary alicyclic amines) is 1. The van der Waals surface area contributed by atoms with Gasteiger partial charge in [0.2, 0.25) is 5.89 Å². The monoisotopic (exact) mass is 417 g/mol. The summed E-state index contributed by atoms with van der Waals surface area (Å²) in [5.41, 5.74) is 2.27. The number of pyridine rings is 1. The lowest BCUT2D eigenvalue weighted by atomic mass is 9.93. The smallest absolute Gasteiger partial charge is 0.314 e. The minimum atomic E-state index is -2.79. The van der Waals surface area contributed by atoms with Crippen LogP contribution in [0.15, 0.2) is 28.9 Å². The second-order valence-electron chi connectivity index (χ2n) is 7.63. The zero-order valence-corrected chi connectivity index (χ0v) is 16.2. The van der Waals surface area contributed by atoms with Crippen LogP contribution in [0.5, 0.6) is 0 Å². The predicted molar refractivity (Wildman–Crippen MR) is 99.8 cm³/mol. The number of hydrogen-bond donors (Lipinski definition) is 0. The average molecular weight is 417 g/mol. The zero-order valence-electron chi connectivity index (χ0n) is 16.2. The van der Waals surface area contributed by atoms with Gasteiger partial charge in [-0.05, 0) is 38.1 Å². The molecule has 0 N–H and O–H groups in total. The molecule has 2 aliphatic heterocycles. The summed E-state index contributed by atoms with van der Waals surface area (Å²) in [6.45, 7) is 4.31. The van der Waals surface area contributed by atoms with Crippen molar-refractivity contribution < 1.29 is 17.9 Å². The maximum Gasteiger partial charge on any atom is 0.314 e. The summed E-state index contributed by atoms with van der Waals surface area (Å²) in [6, 6.07) is 4.08. The molecule has 0 unspecified atom stereocenters. The maximum atomic E-state index is 12.6. The van der Waals surface area contributed by atoms with Gasteiger partial charge in [-0.15, -0.1) is 15.3 Å². The Kier molecular flexibility index (Phi) is 5.21. The van der Waals surface area contributed by atoms with E-state index in [0.29, 0.717) is 24.1 Å². The fourth-order valence-corrected chi connectivity index (χ4v) is 3.82. The highest BCUT2D eigenvalue weighted by atomic mass is 19.3.